The van der Waals surface area contributed by atoms with Crippen molar-refractivity contribution >= 4 is 29.2 Å². The lowest BCUT2D eigenvalue weighted by molar-refractivity contribution is -0.141. The molecule has 0 saturated carbocycles. The second kappa shape index (κ2) is 6.14. The maximum atomic E-state index is 12.9. The van der Waals surface area contributed by atoms with Crippen LogP contribution in [0.4, 0.5) is 13.2 Å². The number of benzene rings is 1. The molecule has 0 fully saturated rings. The van der Waals surface area contributed by atoms with Crippen molar-refractivity contribution in [2.75, 3.05) is 0 Å². The first-order valence-electron chi connectivity index (χ1n) is 5.92. The van der Waals surface area contributed by atoms with E-state index in [0.29, 0.717) is 6.07 Å². The lowest BCUT2D eigenvalue weighted by atomic mass is 10.1. The minimum atomic E-state index is -4.70. The Morgan fingerprint density at radius 1 is 1.18 bits per heavy atom. The van der Waals surface area contributed by atoms with E-state index in [9.17, 15) is 18.0 Å². The number of aliphatic carboxylic acids is 1. The van der Waals surface area contributed by atoms with Crippen LogP contribution in [0.1, 0.15) is 11.3 Å². The van der Waals surface area contributed by atoms with Gasteiger partial charge in [-0.2, -0.15) is 13.2 Å². The van der Waals surface area contributed by atoms with Gasteiger partial charge in [-0.1, -0.05) is 23.2 Å². The molecule has 2 rings (SSSR count). The fraction of sp³-hybridized carbons (Fsp3) is 0.143. The van der Waals surface area contributed by atoms with Crippen LogP contribution in [0.25, 0.3) is 11.3 Å². The molecule has 2 aromatic rings. The van der Waals surface area contributed by atoms with E-state index in [1.165, 1.54) is 24.3 Å². The summed E-state index contributed by atoms with van der Waals surface area (Å²) in [6, 6.07) is 6.24. The Bertz CT molecular complexity index is 733. The molecule has 0 saturated heterocycles. The van der Waals surface area contributed by atoms with E-state index in [0.717, 1.165) is 0 Å². The molecular formula is C14H8Cl2F3NO2. The molecule has 0 aliphatic heterocycles. The molecule has 0 aliphatic rings. The predicted octanol–water partition coefficient (Wildman–Crippen LogP) is 4.70. The molecule has 1 aromatic heterocycles. The van der Waals surface area contributed by atoms with Gasteiger partial charge in [0.2, 0.25) is 0 Å². The maximum absolute atomic E-state index is 12.9. The third kappa shape index (κ3) is 3.90. The minimum absolute atomic E-state index is 0.0270. The molecule has 1 aromatic carbocycles. The Labute approximate surface area is 133 Å². The molecule has 1 heterocycles. The van der Waals surface area contributed by atoms with E-state index < -0.39 is 24.3 Å². The quantitative estimate of drug-likeness (QED) is 0.873. The maximum Gasteiger partial charge on any atom is 0.433 e. The van der Waals surface area contributed by atoms with Crippen molar-refractivity contribution in [1.82, 2.24) is 4.98 Å². The Balaban J connectivity index is 2.64. The van der Waals surface area contributed by atoms with Crippen molar-refractivity contribution in [2.45, 2.75) is 12.6 Å². The molecule has 0 radical (unpaired) electrons. The van der Waals surface area contributed by atoms with Crippen LogP contribution in [-0.2, 0) is 17.4 Å². The third-order valence-electron chi connectivity index (χ3n) is 2.74. The lowest BCUT2D eigenvalue weighted by Gasteiger charge is -2.12. The van der Waals surface area contributed by atoms with Crippen LogP contribution in [0, 0.1) is 0 Å². The highest BCUT2D eigenvalue weighted by Gasteiger charge is 2.33. The van der Waals surface area contributed by atoms with Crippen LogP contribution >= 0.6 is 23.2 Å². The van der Waals surface area contributed by atoms with Gasteiger partial charge in [0, 0.05) is 10.6 Å². The molecule has 3 nitrogen and oxygen atoms in total. The second-order valence-corrected chi connectivity index (χ2v) is 5.28. The van der Waals surface area contributed by atoms with Crippen molar-refractivity contribution in [1.29, 1.82) is 0 Å². The van der Waals surface area contributed by atoms with Gasteiger partial charge < -0.3 is 5.11 Å². The summed E-state index contributed by atoms with van der Waals surface area (Å²) in [5.41, 5.74) is -1.09. The first-order valence-corrected chi connectivity index (χ1v) is 6.68. The smallest absolute Gasteiger partial charge is 0.433 e. The highest BCUT2D eigenvalue weighted by Crippen LogP contribution is 2.34. The first kappa shape index (κ1) is 16.6. The van der Waals surface area contributed by atoms with Gasteiger partial charge in [0.05, 0.1) is 17.1 Å². The Morgan fingerprint density at radius 3 is 2.45 bits per heavy atom. The second-order valence-electron chi connectivity index (χ2n) is 4.44. The average molecular weight is 350 g/mol. The van der Waals surface area contributed by atoms with Gasteiger partial charge >= 0.3 is 12.1 Å². The largest absolute Gasteiger partial charge is 0.481 e. The molecule has 0 atom stereocenters. The molecule has 22 heavy (non-hydrogen) atoms. The topological polar surface area (TPSA) is 50.2 Å². The van der Waals surface area contributed by atoms with E-state index in [1.54, 1.807) is 0 Å². The summed E-state index contributed by atoms with van der Waals surface area (Å²) in [7, 11) is 0. The van der Waals surface area contributed by atoms with Crippen LogP contribution in [0.15, 0.2) is 30.3 Å². The summed E-state index contributed by atoms with van der Waals surface area (Å²) in [5, 5.41) is 9.21. The zero-order chi connectivity index (χ0) is 16.5. The van der Waals surface area contributed by atoms with Gasteiger partial charge in [-0.05, 0) is 35.9 Å². The lowest BCUT2D eigenvalue weighted by Crippen LogP contribution is -2.11. The molecule has 0 amide bonds. The number of hydrogen-bond acceptors (Lipinski definition) is 2. The molecule has 0 spiro atoms. The van der Waals surface area contributed by atoms with Crippen LogP contribution in [0.5, 0.6) is 0 Å². The predicted molar refractivity (Wildman–Crippen MR) is 76.0 cm³/mol. The molecule has 1 N–H and O–H groups in total. The first-order chi connectivity index (χ1) is 10.2. The number of aromatic nitrogens is 1. The number of carbonyl (C=O) groups is 1. The number of hydrogen-bond donors (Lipinski definition) is 1. The summed E-state index contributed by atoms with van der Waals surface area (Å²) in [6.07, 6.45) is -5.26. The van der Waals surface area contributed by atoms with E-state index in [1.807, 2.05) is 0 Å². The van der Waals surface area contributed by atoms with E-state index in [-0.39, 0.29) is 26.9 Å². The fourth-order valence-electron chi connectivity index (χ4n) is 1.84. The number of halogens is 5. The zero-order valence-electron chi connectivity index (χ0n) is 10.8. The molecule has 0 bridgehead atoms. The van der Waals surface area contributed by atoms with Crippen LogP contribution in [-0.4, -0.2) is 16.1 Å². The standard InChI is InChI=1S/C14H8Cl2F3NO2/c15-8-1-2-10(16)9(6-8)11-3-7(5-13(21)22)4-12(20-11)14(17,18)19/h1-4,6H,5H2,(H,21,22). The number of carboxylic acid groups (broad SMARTS) is 1. The summed E-state index contributed by atoms with van der Waals surface area (Å²) >= 11 is 11.8. The van der Waals surface area contributed by atoms with Gasteiger partial charge in [0.15, 0.2) is 0 Å². The third-order valence-corrected chi connectivity index (χ3v) is 3.30. The molecular weight excluding hydrogens is 342 g/mol. The van der Waals surface area contributed by atoms with E-state index in [4.69, 9.17) is 28.3 Å². The van der Waals surface area contributed by atoms with Crippen LogP contribution in [0.3, 0.4) is 0 Å². The molecule has 116 valence electrons. The monoisotopic (exact) mass is 349 g/mol. The average Bonchev–Trinajstić information content (AvgIpc) is 2.39. The Morgan fingerprint density at radius 2 is 1.86 bits per heavy atom. The van der Waals surface area contributed by atoms with E-state index in [2.05, 4.69) is 4.98 Å². The van der Waals surface area contributed by atoms with Gasteiger partial charge in [0.1, 0.15) is 5.69 Å². The van der Waals surface area contributed by atoms with E-state index >= 15 is 0 Å². The molecule has 0 unspecified atom stereocenters. The van der Waals surface area contributed by atoms with Crippen molar-refractivity contribution in [3.8, 4) is 11.3 Å². The van der Waals surface area contributed by atoms with Gasteiger partial charge in [-0.3, -0.25) is 4.79 Å². The number of nitrogens with zero attached hydrogens (tertiary/aromatic N) is 1. The van der Waals surface area contributed by atoms with Crippen LogP contribution < -0.4 is 0 Å². The Kier molecular flexibility index (Phi) is 4.63. The normalized spacial score (nSPS) is 11.5. The van der Waals surface area contributed by atoms with Crippen molar-refractivity contribution in [3.05, 3.63) is 51.6 Å². The summed E-state index contributed by atoms with van der Waals surface area (Å²) < 4.78 is 38.7. The summed E-state index contributed by atoms with van der Waals surface area (Å²) in [4.78, 5) is 14.3. The van der Waals surface area contributed by atoms with Gasteiger partial charge in [0.25, 0.3) is 0 Å². The molecule has 8 heteroatoms. The highest BCUT2D eigenvalue weighted by molar-refractivity contribution is 6.35. The number of alkyl halides is 3. The molecule has 0 aliphatic carbocycles. The van der Waals surface area contributed by atoms with Gasteiger partial charge in [-0.25, -0.2) is 4.98 Å². The zero-order valence-corrected chi connectivity index (χ0v) is 12.3. The number of carboxylic acids is 1. The van der Waals surface area contributed by atoms with Gasteiger partial charge in [-0.15, -0.1) is 0 Å². The minimum Gasteiger partial charge on any atom is -0.481 e. The fourth-order valence-corrected chi connectivity index (χ4v) is 2.23. The summed E-state index contributed by atoms with van der Waals surface area (Å²) in [5.74, 6) is -1.25. The van der Waals surface area contributed by atoms with Crippen molar-refractivity contribution < 1.29 is 23.1 Å². The Hall–Kier alpha value is -1.79. The van der Waals surface area contributed by atoms with Crippen molar-refractivity contribution in [2.24, 2.45) is 0 Å². The summed E-state index contributed by atoms with van der Waals surface area (Å²) in [6.45, 7) is 0. The number of pyridine rings is 1. The highest BCUT2D eigenvalue weighted by atomic mass is 35.5. The van der Waals surface area contributed by atoms with Crippen LogP contribution in [0.2, 0.25) is 10.0 Å². The van der Waals surface area contributed by atoms with Crippen molar-refractivity contribution in [3.63, 3.8) is 0 Å². The number of rotatable bonds is 3. The SMILES string of the molecule is O=C(O)Cc1cc(-c2cc(Cl)ccc2Cl)nc(C(F)(F)F)c1.